The van der Waals surface area contributed by atoms with Crippen LogP contribution >= 0.6 is 0 Å². The Morgan fingerprint density at radius 3 is 2.78 bits per heavy atom. The number of H-pyrrole nitrogens is 1. The minimum absolute atomic E-state index is 0.0731. The summed E-state index contributed by atoms with van der Waals surface area (Å²) in [5.74, 6) is 0.483. The van der Waals surface area contributed by atoms with Gasteiger partial charge in [0, 0.05) is 24.2 Å². The lowest BCUT2D eigenvalue weighted by atomic mass is 9.85. The van der Waals surface area contributed by atoms with Gasteiger partial charge in [-0.2, -0.15) is 5.10 Å². The molecule has 0 radical (unpaired) electrons. The zero-order valence-corrected chi connectivity index (χ0v) is 11.7. The molecule has 4 N–H and O–H groups in total. The highest BCUT2D eigenvalue weighted by atomic mass is 16.1. The molecule has 1 rings (SSSR count). The van der Waals surface area contributed by atoms with Crippen molar-refractivity contribution in [3.05, 3.63) is 11.8 Å². The number of carbonyl (C=O) groups excluding carboxylic acids is 1. The Bertz CT molecular complexity index is 392. The van der Waals surface area contributed by atoms with Gasteiger partial charge in [0.05, 0.1) is 0 Å². The fourth-order valence-corrected chi connectivity index (χ4v) is 1.52. The number of hydrogen-bond acceptors (Lipinski definition) is 3. The Balaban J connectivity index is 2.49. The van der Waals surface area contributed by atoms with Crippen LogP contribution in [0.15, 0.2) is 6.07 Å². The number of hydrogen-bond donors (Lipinski definition) is 3. The van der Waals surface area contributed by atoms with Gasteiger partial charge in [0.15, 0.2) is 5.82 Å². The van der Waals surface area contributed by atoms with E-state index in [2.05, 4.69) is 22.4 Å². The number of nitrogens with one attached hydrogen (secondary N) is 2. The Hall–Kier alpha value is -1.36. The fourth-order valence-electron chi connectivity index (χ4n) is 1.52. The highest BCUT2D eigenvalue weighted by Crippen LogP contribution is 2.20. The van der Waals surface area contributed by atoms with Crippen molar-refractivity contribution in [2.24, 2.45) is 11.1 Å². The first-order valence-corrected chi connectivity index (χ1v) is 6.42. The van der Waals surface area contributed by atoms with E-state index in [1.807, 2.05) is 26.8 Å². The van der Waals surface area contributed by atoms with E-state index in [9.17, 15) is 4.79 Å². The van der Waals surface area contributed by atoms with E-state index in [0.717, 1.165) is 18.5 Å². The van der Waals surface area contributed by atoms with E-state index in [0.29, 0.717) is 12.2 Å². The lowest BCUT2D eigenvalue weighted by Gasteiger charge is -2.26. The molecule has 0 fully saturated rings. The first-order chi connectivity index (χ1) is 8.32. The molecule has 0 saturated heterocycles. The average molecular weight is 252 g/mol. The molecule has 0 aliphatic carbocycles. The second-order valence-electron chi connectivity index (χ2n) is 5.75. The van der Waals surface area contributed by atoms with Crippen LogP contribution in [-0.2, 0) is 11.2 Å². The van der Waals surface area contributed by atoms with Gasteiger partial charge in [0.25, 0.3) is 0 Å². The van der Waals surface area contributed by atoms with E-state index < -0.39 is 0 Å². The van der Waals surface area contributed by atoms with Crippen molar-refractivity contribution < 1.29 is 4.79 Å². The molecule has 1 atom stereocenters. The monoisotopic (exact) mass is 252 g/mol. The Kier molecular flexibility index (Phi) is 4.90. The van der Waals surface area contributed by atoms with E-state index >= 15 is 0 Å². The van der Waals surface area contributed by atoms with Gasteiger partial charge in [-0.3, -0.25) is 9.89 Å². The SMILES string of the molecule is CCCc1cc(NC(=O)CC(N)C(C)(C)C)n[nH]1. The number of amides is 1. The van der Waals surface area contributed by atoms with Gasteiger partial charge >= 0.3 is 0 Å². The number of nitrogens with zero attached hydrogens (tertiary/aromatic N) is 1. The number of aryl methyl sites for hydroxylation is 1. The number of carbonyl (C=O) groups is 1. The molecular formula is C13H24N4O. The van der Waals surface area contributed by atoms with E-state index in [1.165, 1.54) is 0 Å². The molecule has 5 heteroatoms. The lowest BCUT2D eigenvalue weighted by Crippen LogP contribution is -2.38. The minimum atomic E-state index is -0.161. The first kappa shape index (κ1) is 14.7. The topological polar surface area (TPSA) is 83.8 Å². The van der Waals surface area contributed by atoms with Crippen LogP contribution in [0.5, 0.6) is 0 Å². The van der Waals surface area contributed by atoms with E-state index in [-0.39, 0.29) is 17.4 Å². The molecule has 0 aromatic carbocycles. The summed E-state index contributed by atoms with van der Waals surface area (Å²) in [6.45, 7) is 8.18. The fraction of sp³-hybridized carbons (Fsp3) is 0.692. The minimum Gasteiger partial charge on any atom is -0.327 e. The molecule has 0 aliphatic rings. The second kappa shape index (κ2) is 6.00. The smallest absolute Gasteiger partial charge is 0.227 e. The summed E-state index contributed by atoms with van der Waals surface area (Å²) in [6.07, 6.45) is 2.29. The summed E-state index contributed by atoms with van der Waals surface area (Å²) < 4.78 is 0. The van der Waals surface area contributed by atoms with Crippen LogP contribution in [0.1, 0.15) is 46.2 Å². The molecular weight excluding hydrogens is 228 g/mol. The summed E-state index contributed by atoms with van der Waals surface area (Å²) in [4.78, 5) is 11.8. The molecule has 102 valence electrons. The van der Waals surface area contributed by atoms with E-state index in [4.69, 9.17) is 5.73 Å². The van der Waals surface area contributed by atoms with Crippen molar-refractivity contribution in [1.29, 1.82) is 0 Å². The largest absolute Gasteiger partial charge is 0.327 e. The van der Waals surface area contributed by atoms with Crippen LogP contribution in [0, 0.1) is 5.41 Å². The molecule has 0 saturated carbocycles. The third-order valence-corrected chi connectivity index (χ3v) is 2.94. The zero-order valence-electron chi connectivity index (χ0n) is 11.7. The average Bonchev–Trinajstić information content (AvgIpc) is 2.64. The summed E-state index contributed by atoms with van der Waals surface area (Å²) in [7, 11) is 0. The Labute approximate surface area is 109 Å². The van der Waals surface area contributed by atoms with Crippen LogP contribution in [0.3, 0.4) is 0 Å². The maximum atomic E-state index is 11.8. The maximum Gasteiger partial charge on any atom is 0.227 e. The van der Waals surface area contributed by atoms with Crippen LogP contribution in [0.2, 0.25) is 0 Å². The van der Waals surface area contributed by atoms with Crippen LogP contribution in [0.4, 0.5) is 5.82 Å². The number of nitrogens with two attached hydrogens (primary N) is 1. The number of aromatic amines is 1. The maximum absolute atomic E-state index is 11.8. The summed E-state index contributed by atoms with van der Waals surface area (Å²) >= 11 is 0. The van der Waals surface area contributed by atoms with Crippen molar-refractivity contribution in [3.8, 4) is 0 Å². The molecule has 1 unspecified atom stereocenters. The van der Waals surface area contributed by atoms with Gasteiger partial charge in [0.2, 0.25) is 5.91 Å². The standard InChI is InChI=1S/C13H24N4O/c1-5-6-9-7-11(17-16-9)15-12(18)8-10(14)13(2,3)4/h7,10H,5-6,8,14H2,1-4H3,(H2,15,16,17,18). The van der Waals surface area contributed by atoms with Gasteiger partial charge < -0.3 is 11.1 Å². The third-order valence-electron chi connectivity index (χ3n) is 2.94. The van der Waals surface area contributed by atoms with Crippen molar-refractivity contribution >= 4 is 11.7 Å². The Morgan fingerprint density at radius 2 is 2.22 bits per heavy atom. The molecule has 1 aromatic rings. The molecule has 0 aliphatic heterocycles. The van der Waals surface area contributed by atoms with Gasteiger partial charge in [-0.1, -0.05) is 34.1 Å². The van der Waals surface area contributed by atoms with Crippen molar-refractivity contribution in [2.45, 2.75) is 53.0 Å². The normalized spacial score (nSPS) is 13.4. The van der Waals surface area contributed by atoms with Gasteiger partial charge in [-0.05, 0) is 11.8 Å². The third kappa shape index (κ3) is 4.49. The summed E-state index contributed by atoms with van der Waals surface area (Å²) in [5, 5.41) is 9.71. The van der Waals surface area contributed by atoms with Gasteiger partial charge in [-0.25, -0.2) is 0 Å². The zero-order chi connectivity index (χ0) is 13.8. The van der Waals surface area contributed by atoms with Crippen LogP contribution in [-0.4, -0.2) is 22.1 Å². The summed E-state index contributed by atoms with van der Waals surface area (Å²) in [6, 6.07) is 1.70. The number of rotatable bonds is 5. The molecule has 1 heterocycles. The van der Waals surface area contributed by atoms with Crippen LogP contribution in [0.25, 0.3) is 0 Å². The molecule has 0 bridgehead atoms. The predicted molar refractivity (Wildman–Crippen MR) is 73.3 cm³/mol. The highest BCUT2D eigenvalue weighted by molar-refractivity contribution is 5.90. The van der Waals surface area contributed by atoms with Crippen molar-refractivity contribution in [2.75, 3.05) is 5.32 Å². The molecule has 0 spiro atoms. The lowest BCUT2D eigenvalue weighted by molar-refractivity contribution is -0.117. The second-order valence-corrected chi connectivity index (χ2v) is 5.75. The van der Waals surface area contributed by atoms with E-state index in [1.54, 1.807) is 0 Å². The molecule has 1 aromatic heterocycles. The van der Waals surface area contributed by atoms with Gasteiger partial charge in [0.1, 0.15) is 0 Å². The Morgan fingerprint density at radius 1 is 1.56 bits per heavy atom. The molecule has 1 amide bonds. The number of anilines is 1. The first-order valence-electron chi connectivity index (χ1n) is 6.42. The van der Waals surface area contributed by atoms with Gasteiger partial charge in [-0.15, -0.1) is 0 Å². The molecule has 18 heavy (non-hydrogen) atoms. The van der Waals surface area contributed by atoms with Crippen molar-refractivity contribution in [1.82, 2.24) is 10.2 Å². The highest BCUT2D eigenvalue weighted by Gasteiger charge is 2.23. The molecule has 5 nitrogen and oxygen atoms in total. The van der Waals surface area contributed by atoms with Crippen LogP contribution < -0.4 is 11.1 Å². The summed E-state index contributed by atoms with van der Waals surface area (Å²) in [5.41, 5.74) is 6.93. The van der Waals surface area contributed by atoms with Crippen molar-refractivity contribution in [3.63, 3.8) is 0 Å². The quantitative estimate of drug-likeness (QED) is 0.750. The predicted octanol–water partition coefficient (Wildman–Crippen LogP) is 2.06. The number of aromatic nitrogens is 2.